The highest BCUT2D eigenvalue weighted by molar-refractivity contribution is 7.86. The molecule has 2 rings (SSSR count). The number of hydrogen-bond donors (Lipinski definition) is 2. The first-order valence-electron chi connectivity index (χ1n) is 7.16. The Balaban J connectivity index is 2.09. The minimum absolute atomic E-state index is 0.0103. The summed E-state index contributed by atoms with van der Waals surface area (Å²) in [5, 5.41) is 19.9. The van der Waals surface area contributed by atoms with E-state index in [0.717, 1.165) is 5.56 Å². The van der Waals surface area contributed by atoms with Crippen LogP contribution in [0.3, 0.4) is 0 Å². The van der Waals surface area contributed by atoms with E-state index in [4.69, 9.17) is 18.2 Å². The molecule has 1 heterocycles. The third-order valence-electron chi connectivity index (χ3n) is 3.73. The molecule has 2 N–H and O–H groups in total. The maximum atomic E-state index is 12.2. The summed E-state index contributed by atoms with van der Waals surface area (Å²) in [6.45, 7) is 1.43. The van der Waals surface area contributed by atoms with Crippen LogP contribution in [0.2, 0.25) is 0 Å². The first kappa shape index (κ1) is 19.7. The van der Waals surface area contributed by atoms with Crippen molar-refractivity contribution < 1.29 is 36.8 Å². The highest BCUT2D eigenvalue weighted by Crippen LogP contribution is 2.26. The molecule has 8 nitrogen and oxygen atoms in total. The van der Waals surface area contributed by atoms with E-state index in [-0.39, 0.29) is 4.90 Å². The first-order valence-corrected chi connectivity index (χ1v) is 9.04. The Kier molecular flexibility index (Phi) is 6.69. The number of aliphatic hydroxyl groups is 2. The van der Waals surface area contributed by atoms with Gasteiger partial charge in [-0.1, -0.05) is 17.7 Å². The van der Waals surface area contributed by atoms with Crippen molar-refractivity contribution >= 4 is 19.6 Å². The van der Waals surface area contributed by atoms with Crippen LogP contribution in [-0.2, 0) is 28.3 Å². The Bertz CT molecular complexity index is 635. The van der Waals surface area contributed by atoms with E-state index in [1.54, 1.807) is 12.1 Å². The molecule has 0 spiro atoms. The molecule has 0 bridgehead atoms. The molecule has 3 unspecified atom stereocenters. The molecular formula is C14H21O8PS. The Morgan fingerprint density at radius 3 is 2.38 bits per heavy atom. The third kappa shape index (κ3) is 4.30. The second kappa shape index (κ2) is 8.16. The van der Waals surface area contributed by atoms with Crippen LogP contribution in [0.25, 0.3) is 0 Å². The predicted molar refractivity (Wildman–Crippen MR) is 86.6 cm³/mol. The van der Waals surface area contributed by atoms with Gasteiger partial charge in [-0.05, 0) is 19.1 Å². The van der Waals surface area contributed by atoms with E-state index in [1.165, 1.54) is 19.2 Å². The van der Waals surface area contributed by atoms with Crippen LogP contribution >= 0.6 is 9.47 Å². The number of hydrogen-bond acceptors (Lipinski definition) is 8. The minimum Gasteiger partial charge on any atom is -0.387 e. The highest BCUT2D eigenvalue weighted by Gasteiger charge is 2.45. The van der Waals surface area contributed by atoms with E-state index >= 15 is 0 Å². The molecule has 1 aromatic carbocycles. The third-order valence-corrected chi connectivity index (χ3v) is 5.34. The van der Waals surface area contributed by atoms with Gasteiger partial charge in [0.2, 0.25) is 0 Å². The van der Waals surface area contributed by atoms with Gasteiger partial charge < -0.3 is 24.2 Å². The molecule has 0 radical (unpaired) electrons. The van der Waals surface area contributed by atoms with Crippen molar-refractivity contribution in [1.82, 2.24) is 0 Å². The van der Waals surface area contributed by atoms with Crippen molar-refractivity contribution in [1.29, 1.82) is 0 Å². The molecule has 1 aliphatic heterocycles. The zero-order valence-corrected chi connectivity index (χ0v) is 15.2. The molecule has 0 aliphatic carbocycles. The monoisotopic (exact) mass is 380 g/mol. The second-order valence-electron chi connectivity index (χ2n) is 5.41. The summed E-state index contributed by atoms with van der Waals surface area (Å²) in [4.78, 5) is 0.0103. The predicted octanol–water partition coefficient (Wildman–Crippen LogP) is -0.0313. The summed E-state index contributed by atoms with van der Waals surface area (Å²) in [5.41, 5.74) is 0.918. The van der Waals surface area contributed by atoms with E-state index < -0.39 is 47.4 Å². The van der Waals surface area contributed by atoms with Crippen LogP contribution < -0.4 is 0 Å². The molecule has 1 aliphatic rings. The molecule has 0 saturated carbocycles. The number of methoxy groups -OCH3 is 1. The molecule has 6 atom stereocenters. The van der Waals surface area contributed by atoms with Gasteiger partial charge >= 0.3 is 0 Å². The second-order valence-corrected chi connectivity index (χ2v) is 7.30. The molecular weight excluding hydrogens is 359 g/mol. The van der Waals surface area contributed by atoms with Crippen LogP contribution in [0.5, 0.6) is 0 Å². The molecule has 136 valence electrons. The number of ether oxygens (including phenoxy) is 2. The SMILES string of the molecule is CO[C@@H]1OC(COS(=O)(=O)c2ccc(C)cc2)[C@H](OP)C(O)[C@@H]1O. The van der Waals surface area contributed by atoms with Crippen LogP contribution in [0.1, 0.15) is 5.56 Å². The fraction of sp³-hybridized carbons (Fsp3) is 0.571. The van der Waals surface area contributed by atoms with Crippen LogP contribution in [0.4, 0.5) is 0 Å². The Morgan fingerprint density at radius 1 is 1.21 bits per heavy atom. The molecule has 1 fully saturated rings. The lowest BCUT2D eigenvalue weighted by atomic mass is 9.99. The Morgan fingerprint density at radius 2 is 1.83 bits per heavy atom. The van der Waals surface area contributed by atoms with Gasteiger partial charge in [0.1, 0.15) is 24.4 Å². The topological polar surface area (TPSA) is 112 Å². The maximum absolute atomic E-state index is 12.2. The fourth-order valence-corrected chi connectivity index (χ4v) is 3.59. The summed E-state index contributed by atoms with van der Waals surface area (Å²) in [6.07, 6.45) is -5.72. The summed E-state index contributed by atoms with van der Waals surface area (Å²) in [6, 6.07) is 6.19. The fourth-order valence-electron chi connectivity index (χ4n) is 2.33. The van der Waals surface area contributed by atoms with Crippen molar-refractivity contribution in [2.24, 2.45) is 0 Å². The van der Waals surface area contributed by atoms with E-state index in [1.807, 2.05) is 16.4 Å². The largest absolute Gasteiger partial charge is 0.387 e. The summed E-state index contributed by atoms with van der Waals surface area (Å²) >= 11 is 0. The van der Waals surface area contributed by atoms with Crippen molar-refractivity contribution in [2.45, 2.75) is 42.5 Å². The van der Waals surface area contributed by atoms with Crippen LogP contribution in [0, 0.1) is 6.92 Å². The van der Waals surface area contributed by atoms with Gasteiger partial charge in [0, 0.05) is 16.6 Å². The average molecular weight is 380 g/mol. The minimum atomic E-state index is -3.99. The normalized spacial score (nSPS) is 31.1. The zero-order valence-electron chi connectivity index (χ0n) is 13.2. The lowest BCUT2D eigenvalue weighted by molar-refractivity contribution is -0.287. The smallest absolute Gasteiger partial charge is 0.297 e. The summed E-state index contributed by atoms with van der Waals surface area (Å²) < 4.78 is 44.8. The van der Waals surface area contributed by atoms with Gasteiger partial charge in [0.25, 0.3) is 10.1 Å². The van der Waals surface area contributed by atoms with Gasteiger partial charge in [-0.2, -0.15) is 8.42 Å². The van der Waals surface area contributed by atoms with Gasteiger partial charge in [-0.15, -0.1) is 0 Å². The lowest BCUT2D eigenvalue weighted by Crippen LogP contribution is -2.59. The molecule has 0 amide bonds. The molecule has 0 aromatic heterocycles. The number of aliphatic hydroxyl groups excluding tert-OH is 2. The average Bonchev–Trinajstić information content (AvgIpc) is 2.56. The van der Waals surface area contributed by atoms with Gasteiger partial charge in [0.15, 0.2) is 6.29 Å². The number of benzene rings is 1. The van der Waals surface area contributed by atoms with Crippen molar-refractivity contribution in [2.75, 3.05) is 13.7 Å². The number of rotatable bonds is 6. The first-order chi connectivity index (χ1) is 11.3. The summed E-state index contributed by atoms with van der Waals surface area (Å²) in [5.74, 6) is 0. The Hall–Kier alpha value is -0.640. The van der Waals surface area contributed by atoms with Gasteiger partial charge in [0.05, 0.1) is 11.5 Å². The van der Waals surface area contributed by atoms with Crippen molar-refractivity contribution in [3.05, 3.63) is 29.8 Å². The van der Waals surface area contributed by atoms with E-state index in [2.05, 4.69) is 0 Å². The Labute approximate surface area is 143 Å². The maximum Gasteiger partial charge on any atom is 0.297 e. The molecule has 1 saturated heterocycles. The molecule has 24 heavy (non-hydrogen) atoms. The van der Waals surface area contributed by atoms with Crippen molar-refractivity contribution in [3.63, 3.8) is 0 Å². The lowest BCUT2D eigenvalue weighted by Gasteiger charge is -2.40. The van der Waals surface area contributed by atoms with E-state index in [9.17, 15) is 18.6 Å². The number of aryl methyl sites for hydroxylation is 1. The standard InChI is InChI=1S/C14H21O8PS/c1-8-3-5-9(6-4-8)24(17,18)20-7-10-13(22-23)11(15)12(16)14(19-2)21-10/h3-6,10-16H,7,23H2,1-2H3/t10?,11?,12-,13-,14+/m0/s1. The quantitative estimate of drug-likeness (QED) is 0.523. The van der Waals surface area contributed by atoms with Crippen molar-refractivity contribution in [3.8, 4) is 0 Å². The zero-order chi connectivity index (χ0) is 17.9. The highest BCUT2D eigenvalue weighted by atomic mass is 32.2. The summed E-state index contributed by atoms with van der Waals surface area (Å²) in [7, 11) is -0.747. The van der Waals surface area contributed by atoms with Crippen LogP contribution in [0.15, 0.2) is 29.2 Å². The van der Waals surface area contributed by atoms with Gasteiger partial charge in [-0.25, -0.2) is 0 Å². The van der Waals surface area contributed by atoms with Gasteiger partial charge in [-0.3, -0.25) is 4.18 Å². The molecule has 1 aromatic rings. The van der Waals surface area contributed by atoms with Crippen LogP contribution in [-0.4, -0.2) is 63.1 Å². The van der Waals surface area contributed by atoms with E-state index in [0.29, 0.717) is 0 Å². The molecule has 10 heteroatoms.